The summed E-state index contributed by atoms with van der Waals surface area (Å²) in [6.45, 7) is 0. The van der Waals surface area contributed by atoms with Gasteiger partial charge in [0.15, 0.2) is 0 Å². The maximum Gasteiger partial charge on any atom is 2.00 e. The van der Waals surface area contributed by atoms with Gasteiger partial charge in [0.25, 0.3) is 0 Å². The average molecular weight is 950 g/mol. The molecule has 5 N–H and O–H groups in total. The molecule has 0 saturated heterocycles. The quantitative estimate of drug-likeness (QED) is 0.0544. The van der Waals surface area contributed by atoms with Crippen LogP contribution in [0.5, 0.6) is 23.0 Å². The summed E-state index contributed by atoms with van der Waals surface area (Å²) < 4.78 is 14.6. The van der Waals surface area contributed by atoms with Crippen LogP contribution in [0.25, 0.3) is 90.9 Å². The van der Waals surface area contributed by atoms with Crippen LogP contribution in [-0.4, -0.2) is 80.7 Å². The van der Waals surface area contributed by atoms with Crippen molar-refractivity contribution in [2.45, 2.75) is 0 Å². The van der Waals surface area contributed by atoms with E-state index >= 15 is 0 Å². The molecule has 8 bridgehead atoms. The molecule has 0 amide bonds. The number of hydrogen-bond acceptors (Lipinski definition) is 13. The fourth-order valence-electron chi connectivity index (χ4n) is 8.05. The first kappa shape index (κ1) is 45.6. The monoisotopic (exact) mass is 949 g/mol. The molecule has 0 saturated carbocycles. The fraction of sp³-hybridized carbons (Fsp3) is 0.0588. The molecule has 0 unspecified atom stereocenters. The van der Waals surface area contributed by atoms with E-state index in [-0.39, 0.29) is 56.6 Å². The fourth-order valence-corrected chi connectivity index (χ4v) is 8.05. The Morgan fingerprint density at radius 2 is 0.662 bits per heavy atom. The number of benzene rings is 4. The molecule has 0 fully saturated rings. The number of esters is 3. The van der Waals surface area contributed by atoms with Crippen molar-refractivity contribution in [1.29, 1.82) is 0 Å². The molecule has 0 atom stereocenters. The number of methoxy groups -OCH3 is 3. The molecule has 3 aromatic heterocycles. The molecule has 5 heterocycles. The first-order valence-electron chi connectivity index (χ1n) is 20.2. The van der Waals surface area contributed by atoms with Crippen LogP contribution in [0.1, 0.15) is 64.2 Å². The number of carboxylic acids is 1. The molecular formula is C51H34MnN4O12. The number of carbonyl (C=O) groups is 4. The third-order valence-corrected chi connectivity index (χ3v) is 11.2. The van der Waals surface area contributed by atoms with Crippen LogP contribution in [0.4, 0.5) is 0 Å². The van der Waals surface area contributed by atoms with Gasteiger partial charge in [0.1, 0.15) is 45.3 Å². The van der Waals surface area contributed by atoms with E-state index in [4.69, 9.17) is 34.1 Å². The number of fused-ring (bicyclic) bond motifs is 8. The van der Waals surface area contributed by atoms with Crippen molar-refractivity contribution >= 4 is 70.2 Å². The van der Waals surface area contributed by atoms with Crippen molar-refractivity contribution in [2.24, 2.45) is 0 Å². The molecule has 0 aliphatic carbocycles. The standard InChI is InChI=1S/C51H36N4O12.Mn/c1-65-49(62)29-9-5-25(21-41(29)57)45-34-14-12-32(52-34)44(24-4-8-28(48(60)61)40(56)20-24)33-13-15-35(53-33)46(26-6-10-30(42(58)22-26)50(63)66-2)37-17-19-39(55-37)47(38-18-16-36(45)54-38)27-7-11-31(43(59)23-27)51(64)67-3;/h4-23H,1-3H3,(H7,52,53,54,55,56,57,58,59,60,61,62,63,64);/q;+2/p-2. The Morgan fingerprint density at radius 1 is 0.412 bits per heavy atom. The van der Waals surface area contributed by atoms with Crippen LogP contribution < -0.4 is 9.97 Å². The third kappa shape index (κ3) is 8.08. The molecule has 1 radical (unpaired) electrons. The molecule has 16 nitrogen and oxygen atoms in total. The number of aromatic carboxylic acids is 1. The minimum Gasteiger partial charge on any atom is -0.657 e. The molecule has 7 aromatic rings. The van der Waals surface area contributed by atoms with Crippen molar-refractivity contribution in [3.63, 3.8) is 0 Å². The molecule has 17 heteroatoms. The van der Waals surface area contributed by atoms with Crippen molar-refractivity contribution in [2.75, 3.05) is 21.3 Å². The number of carboxylic acid groups (broad SMARTS) is 1. The largest absolute Gasteiger partial charge is 2.00 e. The van der Waals surface area contributed by atoms with Crippen LogP contribution in [0.2, 0.25) is 0 Å². The van der Waals surface area contributed by atoms with Crippen LogP contribution in [0, 0.1) is 0 Å². The SMILES string of the molecule is COC(=O)c1ccc(-c2c3nc(c(-c4ccc(C(=O)OC)c(O)c4)c4ccc([n-]4)c(-c4ccc(C(=O)OC)c(O)c4)c4nc(c(-c5ccc(C(=O)O)c(O)c5)c5ccc2[n-]5)C=C4)C=C3)cc1O.[Mn+2]. The van der Waals surface area contributed by atoms with Crippen LogP contribution in [-0.2, 0) is 31.3 Å². The van der Waals surface area contributed by atoms with E-state index < -0.39 is 29.6 Å². The van der Waals surface area contributed by atoms with Gasteiger partial charge in [-0.2, -0.15) is 0 Å². The van der Waals surface area contributed by atoms with Crippen molar-refractivity contribution in [3.8, 4) is 67.5 Å². The predicted molar refractivity (Wildman–Crippen MR) is 246 cm³/mol. The van der Waals surface area contributed by atoms with Gasteiger partial charge in [-0.25, -0.2) is 29.1 Å². The summed E-state index contributed by atoms with van der Waals surface area (Å²) in [5.74, 6) is -5.24. The van der Waals surface area contributed by atoms with Crippen LogP contribution >= 0.6 is 0 Å². The maximum absolute atomic E-state index is 12.5. The molecule has 9 rings (SSSR count). The maximum atomic E-state index is 12.5. The molecule has 2 aliphatic rings. The van der Waals surface area contributed by atoms with Crippen molar-refractivity contribution in [3.05, 3.63) is 142 Å². The summed E-state index contributed by atoms with van der Waals surface area (Å²) in [5, 5.41) is 54.1. The minimum atomic E-state index is -1.34. The van der Waals surface area contributed by atoms with Crippen molar-refractivity contribution < 1.29 is 76.0 Å². The molecule has 68 heavy (non-hydrogen) atoms. The zero-order chi connectivity index (χ0) is 47.3. The number of ether oxygens (including phenoxy) is 3. The summed E-state index contributed by atoms with van der Waals surface area (Å²) in [6.07, 6.45) is 6.85. The Kier molecular flexibility index (Phi) is 12.2. The third-order valence-electron chi connectivity index (χ3n) is 11.2. The van der Waals surface area contributed by atoms with Gasteiger partial charge >= 0.3 is 40.9 Å². The van der Waals surface area contributed by atoms with Gasteiger partial charge < -0.3 is 49.7 Å². The Bertz CT molecular complexity index is 3470. The first-order chi connectivity index (χ1) is 32.3. The first-order valence-corrected chi connectivity index (χ1v) is 20.2. The summed E-state index contributed by atoms with van der Waals surface area (Å²) in [4.78, 5) is 69.9. The summed E-state index contributed by atoms with van der Waals surface area (Å²) in [6, 6.07) is 24.1. The summed E-state index contributed by atoms with van der Waals surface area (Å²) in [5.41, 5.74) is 5.34. The van der Waals surface area contributed by atoms with E-state index in [0.29, 0.717) is 89.4 Å². The smallest absolute Gasteiger partial charge is 0.657 e. The van der Waals surface area contributed by atoms with E-state index in [0.717, 1.165) is 0 Å². The second-order valence-electron chi connectivity index (χ2n) is 15.1. The Morgan fingerprint density at radius 3 is 0.882 bits per heavy atom. The molecule has 2 aliphatic heterocycles. The predicted octanol–water partition coefficient (Wildman–Crippen LogP) is 8.46. The van der Waals surface area contributed by atoms with E-state index in [2.05, 4.69) is 0 Å². The van der Waals surface area contributed by atoms with Gasteiger partial charge in [0.2, 0.25) is 0 Å². The zero-order valence-corrected chi connectivity index (χ0v) is 37.0. The number of aromatic nitrogens is 4. The number of rotatable bonds is 8. The average Bonchev–Trinajstić information content (AvgIpc) is 4.17. The number of hydrogen-bond donors (Lipinski definition) is 5. The van der Waals surface area contributed by atoms with Gasteiger partial charge in [-0.05, 0) is 117 Å². The van der Waals surface area contributed by atoms with Gasteiger partial charge in [-0.15, -0.1) is 22.1 Å². The summed E-state index contributed by atoms with van der Waals surface area (Å²) >= 11 is 0. The van der Waals surface area contributed by atoms with Crippen LogP contribution in [0.3, 0.4) is 0 Å². The van der Waals surface area contributed by atoms with Crippen LogP contribution in [0.15, 0.2) is 97.1 Å². The summed E-state index contributed by atoms with van der Waals surface area (Å²) in [7, 11) is 3.58. The number of nitrogens with zero attached hydrogens (tertiary/aromatic N) is 4. The van der Waals surface area contributed by atoms with E-state index in [9.17, 15) is 44.7 Å². The van der Waals surface area contributed by atoms with Crippen molar-refractivity contribution in [1.82, 2.24) is 19.9 Å². The van der Waals surface area contributed by atoms with E-state index in [1.54, 1.807) is 66.8 Å². The Labute approximate surface area is 395 Å². The van der Waals surface area contributed by atoms with Gasteiger partial charge in [0.05, 0.1) is 44.1 Å². The molecule has 4 aromatic carbocycles. The molecular weight excluding hydrogens is 916 g/mol. The molecule has 337 valence electrons. The molecule has 0 spiro atoms. The topological polar surface area (TPSA) is 251 Å². The number of phenolic OH excluding ortho intramolecular Hbond substituents is 3. The second-order valence-corrected chi connectivity index (χ2v) is 15.1. The number of phenols is 4. The van der Waals surface area contributed by atoms with E-state index in [1.807, 2.05) is 0 Å². The zero-order valence-electron chi connectivity index (χ0n) is 35.8. The Balaban J connectivity index is 0.00000625. The normalized spacial score (nSPS) is 11.5. The minimum absolute atomic E-state index is 0. The Hall–Kier alpha value is -8.92. The van der Waals surface area contributed by atoms with Gasteiger partial charge in [0, 0.05) is 0 Å². The van der Waals surface area contributed by atoms with Gasteiger partial charge in [-0.1, -0.05) is 48.5 Å². The van der Waals surface area contributed by atoms with Gasteiger partial charge in [-0.3, -0.25) is 0 Å². The number of carbonyl (C=O) groups excluding carboxylic acids is 3. The second kappa shape index (κ2) is 18.2. The number of aromatic hydroxyl groups is 4. The van der Waals surface area contributed by atoms with E-state index in [1.165, 1.54) is 75.9 Å².